The number of nitrogens with zero attached hydrogens (tertiary/aromatic N) is 2. The molecular formula is C17H22N2. The van der Waals surface area contributed by atoms with Crippen LogP contribution in [-0.2, 0) is 6.54 Å². The van der Waals surface area contributed by atoms with Crippen LogP contribution in [0.1, 0.15) is 23.6 Å². The first-order valence-corrected chi connectivity index (χ1v) is 6.80. The second-order valence-electron chi connectivity index (χ2n) is 5.23. The molecule has 0 saturated carbocycles. The third-order valence-corrected chi connectivity index (χ3v) is 3.49. The number of hydrogen-bond donors (Lipinski definition) is 0. The Labute approximate surface area is 116 Å². The Bertz CT molecular complexity index is 561. The summed E-state index contributed by atoms with van der Waals surface area (Å²) in [6.07, 6.45) is 3.91. The standard InChI is InChI=1S/C17H22N2/c1-5-19(4)12-15-9-16(11-18-10-15)17-8-13(2)6-7-14(17)3/h6-11H,5,12H2,1-4H3. The summed E-state index contributed by atoms with van der Waals surface area (Å²) >= 11 is 0. The molecular weight excluding hydrogens is 232 g/mol. The van der Waals surface area contributed by atoms with Crippen LogP contribution in [0.5, 0.6) is 0 Å². The van der Waals surface area contributed by atoms with E-state index < -0.39 is 0 Å². The van der Waals surface area contributed by atoms with Gasteiger partial charge in [-0.05, 0) is 50.2 Å². The van der Waals surface area contributed by atoms with E-state index in [0.717, 1.165) is 13.1 Å². The molecule has 0 fully saturated rings. The van der Waals surface area contributed by atoms with Gasteiger partial charge in [-0.2, -0.15) is 0 Å². The highest BCUT2D eigenvalue weighted by Crippen LogP contribution is 2.24. The lowest BCUT2D eigenvalue weighted by molar-refractivity contribution is 0.345. The highest BCUT2D eigenvalue weighted by atomic mass is 15.1. The van der Waals surface area contributed by atoms with Gasteiger partial charge in [-0.3, -0.25) is 4.98 Å². The Morgan fingerprint density at radius 1 is 1.11 bits per heavy atom. The molecule has 1 aromatic heterocycles. The van der Waals surface area contributed by atoms with Crippen LogP contribution in [0, 0.1) is 13.8 Å². The van der Waals surface area contributed by atoms with Gasteiger partial charge in [0.15, 0.2) is 0 Å². The molecule has 0 amide bonds. The van der Waals surface area contributed by atoms with E-state index in [0.29, 0.717) is 0 Å². The first kappa shape index (κ1) is 13.8. The molecule has 0 aliphatic rings. The second-order valence-corrected chi connectivity index (χ2v) is 5.23. The monoisotopic (exact) mass is 254 g/mol. The van der Waals surface area contributed by atoms with Crippen molar-refractivity contribution in [1.82, 2.24) is 9.88 Å². The van der Waals surface area contributed by atoms with E-state index in [9.17, 15) is 0 Å². The Kier molecular flexibility index (Phi) is 4.33. The van der Waals surface area contributed by atoms with Gasteiger partial charge in [0.1, 0.15) is 0 Å². The second kappa shape index (κ2) is 5.98. The normalized spacial score (nSPS) is 11.0. The lowest BCUT2D eigenvalue weighted by atomic mass is 9.99. The highest BCUT2D eigenvalue weighted by molar-refractivity contribution is 5.67. The fourth-order valence-corrected chi connectivity index (χ4v) is 2.19. The molecule has 2 aromatic rings. The molecule has 1 heterocycles. The molecule has 1 aromatic carbocycles. The van der Waals surface area contributed by atoms with Gasteiger partial charge in [0.05, 0.1) is 0 Å². The maximum absolute atomic E-state index is 4.39. The molecule has 0 radical (unpaired) electrons. The van der Waals surface area contributed by atoms with Crippen LogP contribution in [0.15, 0.2) is 36.7 Å². The minimum absolute atomic E-state index is 0.947. The van der Waals surface area contributed by atoms with Gasteiger partial charge < -0.3 is 4.90 Å². The van der Waals surface area contributed by atoms with Gasteiger partial charge >= 0.3 is 0 Å². The number of rotatable bonds is 4. The predicted octanol–water partition coefficient (Wildman–Crippen LogP) is 3.82. The van der Waals surface area contributed by atoms with Gasteiger partial charge in [-0.25, -0.2) is 0 Å². The van der Waals surface area contributed by atoms with Crippen molar-refractivity contribution in [3.05, 3.63) is 53.3 Å². The molecule has 0 spiro atoms. The Morgan fingerprint density at radius 3 is 2.63 bits per heavy atom. The zero-order chi connectivity index (χ0) is 13.8. The SMILES string of the molecule is CCN(C)Cc1cncc(-c2cc(C)ccc2C)c1. The number of benzene rings is 1. The summed E-state index contributed by atoms with van der Waals surface area (Å²) in [5.74, 6) is 0. The number of aromatic nitrogens is 1. The van der Waals surface area contributed by atoms with Crippen LogP contribution in [0.2, 0.25) is 0 Å². The van der Waals surface area contributed by atoms with Gasteiger partial charge in [0, 0.05) is 24.5 Å². The Balaban J connectivity index is 2.35. The quantitative estimate of drug-likeness (QED) is 0.824. The lowest BCUT2D eigenvalue weighted by Gasteiger charge is -2.14. The summed E-state index contributed by atoms with van der Waals surface area (Å²) in [5, 5.41) is 0. The summed E-state index contributed by atoms with van der Waals surface area (Å²) in [7, 11) is 2.13. The average Bonchev–Trinajstić information content (AvgIpc) is 2.41. The van der Waals surface area contributed by atoms with Crippen molar-refractivity contribution < 1.29 is 0 Å². The van der Waals surface area contributed by atoms with Crippen molar-refractivity contribution in [3.8, 4) is 11.1 Å². The van der Waals surface area contributed by atoms with Crippen LogP contribution in [0.25, 0.3) is 11.1 Å². The topological polar surface area (TPSA) is 16.1 Å². The molecule has 0 N–H and O–H groups in total. The molecule has 19 heavy (non-hydrogen) atoms. The Hall–Kier alpha value is -1.67. The van der Waals surface area contributed by atoms with Crippen molar-refractivity contribution in [2.75, 3.05) is 13.6 Å². The van der Waals surface area contributed by atoms with E-state index in [-0.39, 0.29) is 0 Å². The molecule has 0 bridgehead atoms. The summed E-state index contributed by atoms with van der Waals surface area (Å²) in [4.78, 5) is 6.67. The first-order chi connectivity index (χ1) is 9.10. The first-order valence-electron chi connectivity index (χ1n) is 6.80. The summed E-state index contributed by atoms with van der Waals surface area (Å²) in [5.41, 5.74) is 6.35. The molecule has 2 heteroatoms. The average molecular weight is 254 g/mol. The molecule has 2 nitrogen and oxygen atoms in total. The van der Waals surface area contributed by atoms with E-state index in [1.807, 2.05) is 12.4 Å². The minimum atomic E-state index is 0.947. The maximum atomic E-state index is 4.39. The summed E-state index contributed by atoms with van der Waals surface area (Å²) in [6.45, 7) is 8.45. The number of hydrogen-bond acceptors (Lipinski definition) is 2. The van der Waals surface area contributed by atoms with Gasteiger partial charge in [-0.15, -0.1) is 0 Å². The molecule has 0 aliphatic carbocycles. The van der Waals surface area contributed by atoms with Crippen molar-refractivity contribution in [2.45, 2.75) is 27.3 Å². The van der Waals surface area contributed by atoms with E-state index >= 15 is 0 Å². The summed E-state index contributed by atoms with van der Waals surface area (Å²) in [6, 6.07) is 8.82. The Morgan fingerprint density at radius 2 is 1.89 bits per heavy atom. The van der Waals surface area contributed by atoms with E-state index in [2.05, 4.69) is 62.0 Å². The number of pyridine rings is 1. The smallest absolute Gasteiger partial charge is 0.0346 e. The van der Waals surface area contributed by atoms with Crippen molar-refractivity contribution in [2.24, 2.45) is 0 Å². The van der Waals surface area contributed by atoms with Crippen molar-refractivity contribution in [1.29, 1.82) is 0 Å². The zero-order valence-electron chi connectivity index (χ0n) is 12.3. The molecule has 0 aliphatic heterocycles. The van der Waals surface area contributed by atoms with E-state index in [1.165, 1.54) is 27.8 Å². The van der Waals surface area contributed by atoms with Crippen LogP contribution in [0.4, 0.5) is 0 Å². The third kappa shape index (κ3) is 3.42. The van der Waals surface area contributed by atoms with Gasteiger partial charge in [0.25, 0.3) is 0 Å². The van der Waals surface area contributed by atoms with Crippen LogP contribution in [-0.4, -0.2) is 23.5 Å². The van der Waals surface area contributed by atoms with Crippen molar-refractivity contribution in [3.63, 3.8) is 0 Å². The van der Waals surface area contributed by atoms with Crippen molar-refractivity contribution >= 4 is 0 Å². The van der Waals surface area contributed by atoms with Gasteiger partial charge in [-0.1, -0.05) is 30.7 Å². The molecule has 2 rings (SSSR count). The number of aryl methyl sites for hydroxylation is 2. The van der Waals surface area contributed by atoms with Crippen LogP contribution >= 0.6 is 0 Å². The highest BCUT2D eigenvalue weighted by Gasteiger charge is 2.05. The molecule has 100 valence electrons. The largest absolute Gasteiger partial charge is 0.302 e. The minimum Gasteiger partial charge on any atom is -0.302 e. The zero-order valence-corrected chi connectivity index (χ0v) is 12.3. The summed E-state index contributed by atoms with van der Waals surface area (Å²) < 4.78 is 0. The fraction of sp³-hybridized carbons (Fsp3) is 0.353. The van der Waals surface area contributed by atoms with Crippen LogP contribution in [0.3, 0.4) is 0 Å². The molecule has 0 unspecified atom stereocenters. The third-order valence-electron chi connectivity index (χ3n) is 3.49. The fourth-order valence-electron chi connectivity index (χ4n) is 2.19. The van der Waals surface area contributed by atoms with E-state index in [4.69, 9.17) is 0 Å². The van der Waals surface area contributed by atoms with E-state index in [1.54, 1.807) is 0 Å². The molecule has 0 atom stereocenters. The maximum Gasteiger partial charge on any atom is 0.0346 e. The van der Waals surface area contributed by atoms with Crippen LogP contribution < -0.4 is 0 Å². The lowest BCUT2D eigenvalue weighted by Crippen LogP contribution is -2.16. The molecule has 0 saturated heterocycles. The van der Waals surface area contributed by atoms with Gasteiger partial charge in [0.2, 0.25) is 0 Å². The predicted molar refractivity (Wildman–Crippen MR) is 81.2 cm³/mol.